The van der Waals surface area contributed by atoms with Crippen molar-refractivity contribution >= 4 is 0 Å². The van der Waals surface area contributed by atoms with Gasteiger partial charge in [-0.25, -0.2) is 0 Å². The Hall–Kier alpha value is -0.800. The van der Waals surface area contributed by atoms with Crippen LogP contribution in [-0.4, -0.2) is 82.6 Å². The summed E-state index contributed by atoms with van der Waals surface area (Å²) in [6.45, 7) is 12.4. The van der Waals surface area contributed by atoms with Crippen molar-refractivity contribution < 1.29 is 33.9 Å². The molecule has 1 fully saturated rings. The number of ether oxygens (including phenoxy) is 5. The van der Waals surface area contributed by atoms with Gasteiger partial charge in [0, 0.05) is 47.9 Å². The summed E-state index contributed by atoms with van der Waals surface area (Å²) < 4.78 is 28.1. The van der Waals surface area contributed by atoms with Gasteiger partial charge in [-0.1, -0.05) is 52.8 Å². The van der Waals surface area contributed by atoms with Gasteiger partial charge >= 0.3 is 0 Å². The highest BCUT2D eigenvalue weighted by atomic mass is 16.7. The Bertz CT molecular complexity index is 519. The monoisotopic (exact) mass is 490 g/mol. The number of aliphatic hydroxyl groups is 2. The van der Waals surface area contributed by atoms with Crippen LogP contribution >= 0.6 is 0 Å². The van der Waals surface area contributed by atoms with Crippen molar-refractivity contribution in [1.82, 2.24) is 0 Å². The zero-order valence-electron chi connectivity index (χ0n) is 23.6. The van der Waals surface area contributed by atoms with E-state index in [9.17, 15) is 5.11 Å². The third-order valence-corrected chi connectivity index (χ3v) is 6.31. The normalized spacial score (nSPS) is 26.6. The molecule has 2 N–H and O–H groups in total. The zero-order valence-corrected chi connectivity index (χ0v) is 23.6. The summed E-state index contributed by atoms with van der Waals surface area (Å²) in [7, 11) is 7.73. The highest BCUT2D eigenvalue weighted by molar-refractivity contribution is 5.17. The van der Waals surface area contributed by atoms with Gasteiger partial charge in [0.1, 0.15) is 12.2 Å². The summed E-state index contributed by atoms with van der Waals surface area (Å²) in [5.74, 6) is 0.506. The minimum Gasteiger partial charge on any atom is -0.400 e. The first-order valence-electron chi connectivity index (χ1n) is 12.6. The maximum Gasteiger partial charge on any atom is 0.184 e. The van der Waals surface area contributed by atoms with E-state index < -0.39 is 6.29 Å². The van der Waals surface area contributed by atoms with Crippen LogP contribution in [-0.2, 0) is 23.7 Å². The molecule has 8 unspecified atom stereocenters. The Labute approximate surface area is 209 Å². The van der Waals surface area contributed by atoms with Crippen LogP contribution in [0.4, 0.5) is 0 Å². The SMILES string of the molecule is CC.CCC(OC)C(C)CCC(O)C(C)/C=C/C=C(\C)C1OC(OC)C(OC)CC1OC.CO. The van der Waals surface area contributed by atoms with Crippen LogP contribution in [0.1, 0.15) is 67.2 Å². The van der Waals surface area contributed by atoms with Crippen molar-refractivity contribution in [3.05, 3.63) is 23.8 Å². The molecule has 0 radical (unpaired) electrons. The highest BCUT2D eigenvalue weighted by Gasteiger charge is 2.39. The van der Waals surface area contributed by atoms with E-state index in [-0.39, 0.29) is 36.4 Å². The van der Waals surface area contributed by atoms with E-state index in [0.29, 0.717) is 12.3 Å². The average molecular weight is 491 g/mol. The van der Waals surface area contributed by atoms with Crippen LogP contribution in [0, 0.1) is 11.8 Å². The van der Waals surface area contributed by atoms with E-state index in [1.54, 1.807) is 28.4 Å². The number of aliphatic hydroxyl groups excluding tert-OH is 2. The molecule has 1 heterocycles. The third kappa shape index (κ3) is 12.2. The lowest BCUT2D eigenvalue weighted by Crippen LogP contribution is -2.49. The molecular formula is C27H54O7. The molecule has 0 amide bonds. The topological polar surface area (TPSA) is 86.6 Å². The second-order valence-corrected chi connectivity index (χ2v) is 8.40. The molecule has 0 bridgehead atoms. The molecule has 0 spiro atoms. The number of allylic oxidation sites excluding steroid dienone is 2. The Balaban J connectivity index is 0. The van der Waals surface area contributed by atoms with Crippen LogP contribution in [0.15, 0.2) is 23.8 Å². The van der Waals surface area contributed by atoms with Crippen molar-refractivity contribution in [3.63, 3.8) is 0 Å². The van der Waals surface area contributed by atoms with Crippen LogP contribution in [0.25, 0.3) is 0 Å². The Morgan fingerprint density at radius 2 is 1.59 bits per heavy atom. The molecule has 7 heteroatoms. The van der Waals surface area contributed by atoms with E-state index in [2.05, 4.69) is 13.8 Å². The van der Waals surface area contributed by atoms with Crippen molar-refractivity contribution in [2.24, 2.45) is 11.8 Å². The number of rotatable bonds is 13. The van der Waals surface area contributed by atoms with Gasteiger partial charge in [0.05, 0.1) is 18.3 Å². The summed E-state index contributed by atoms with van der Waals surface area (Å²) in [5, 5.41) is 17.5. The lowest BCUT2D eigenvalue weighted by atomic mass is 9.91. The minimum atomic E-state index is -0.416. The predicted molar refractivity (Wildman–Crippen MR) is 139 cm³/mol. The Morgan fingerprint density at radius 3 is 2.06 bits per heavy atom. The van der Waals surface area contributed by atoms with E-state index in [0.717, 1.165) is 31.9 Å². The molecule has 0 aromatic rings. The fourth-order valence-electron chi connectivity index (χ4n) is 4.11. The molecule has 0 aliphatic carbocycles. The molecule has 8 atom stereocenters. The summed E-state index contributed by atoms with van der Waals surface area (Å²) in [5.41, 5.74) is 1.05. The number of methoxy groups -OCH3 is 4. The van der Waals surface area contributed by atoms with Gasteiger partial charge in [0.2, 0.25) is 0 Å². The van der Waals surface area contributed by atoms with Gasteiger partial charge in [-0.15, -0.1) is 0 Å². The van der Waals surface area contributed by atoms with Crippen LogP contribution in [0.5, 0.6) is 0 Å². The van der Waals surface area contributed by atoms with E-state index in [1.807, 2.05) is 45.9 Å². The molecule has 1 rings (SSSR count). The van der Waals surface area contributed by atoms with Crippen molar-refractivity contribution in [2.45, 2.75) is 104 Å². The van der Waals surface area contributed by atoms with Crippen LogP contribution in [0.2, 0.25) is 0 Å². The molecule has 1 aliphatic rings. The van der Waals surface area contributed by atoms with Crippen LogP contribution < -0.4 is 0 Å². The van der Waals surface area contributed by atoms with Gasteiger partial charge < -0.3 is 33.9 Å². The fraction of sp³-hybridized carbons (Fsp3) is 0.852. The molecule has 0 aromatic heterocycles. The van der Waals surface area contributed by atoms with E-state index >= 15 is 0 Å². The van der Waals surface area contributed by atoms with E-state index in [4.69, 9.17) is 28.8 Å². The number of hydrogen-bond acceptors (Lipinski definition) is 7. The van der Waals surface area contributed by atoms with Gasteiger partial charge in [-0.3, -0.25) is 0 Å². The first-order valence-corrected chi connectivity index (χ1v) is 12.6. The quantitative estimate of drug-likeness (QED) is 0.360. The van der Waals surface area contributed by atoms with Gasteiger partial charge in [-0.05, 0) is 37.7 Å². The second-order valence-electron chi connectivity index (χ2n) is 8.40. The fourth-order valence-corrected chi connectivity index (χ4v) is 4.11. The third-order valence-electron chi connectivity index (χ3n) is 6.31. The van der Waals surface area contributed by atoms with Gasteiger partial charge in [0.25, 0.3) is 0 Å². The lowest BCUT2D eigenvalue weighted by molar-refractivity contribution is -0.256. The standard InChI is InChI=1S/C24H44O6.C2H6.CH4O/c1-9-20(26-5)17(3)13-14-19(25)16(2)11-10-12-18(4)23-21(27-6)15-22(28-7)24(29-8)30-23;2*1-2/h10-12,16-17,19-25H,9,13-15H2,1-8H3;1-2H3;2H,1H3/b11-10+,18-12+;;. The van der Waals surface area contributed by atoms with Gasteiger partial charge in [-0.2, -0.15) is 0 Å². The Morgan fingerprint density at radius 1 is 1.00 bits per heavy atom. The zero-order chi connectivity index (χ0) is 26.7. The second kappa shape index (κ2) is 21.5. The molecule has 0 aromatic carbocycles. The molecule has 34 heavy (non-hydrogen) atoms. The predicted octanol–water partition coefficient (Wildman–Crippen LogP) is 4.75. The highest BCUT2D eigenvalue weighted by Crippen LogP contribution is 2.29. The largest absolute Gasteiger partial charge is 0.400 e. The van der Waals surface area contributed by atoms with Crippen LogP contribution in [0.3, 0.4) is 0 Å². The van der Waals surface area contributed by atoms with Gasteiger partial charge in [0.15, 0.2) is 6.29 Å². The summed E-state index contributed by atoms with van der Waals surface area (Å²) in [6.07, 6.45) is 8.51. The average Bonchev–Trinajstić information content (AvgIpc) is 2.89. The molecule has 1 saturated heterocycles. The minimum absolute atomic E-state index is 0.0685. The molecule has 0 saturated carbocycles. The molecule has 204 valence electrons. The van der Waals surface area contributed by atoms with Crippen molar-refractivity contribution in [3.8, 4) is 0 Å². The summed E-state index contributed by atoms with van der Waals surface area (Å²) in [4.78, 5) is 0. The number of hydrogen-bond donors (Lipinski definition) is 2. The Kier molecular flexibility index (Phi) is 22.3. The molecular weight excluding hydrogens is 436 g/mol. The first kappa shape index (κ1) is 35.4. The summed E-state index contributed by atoms with van der Waals surface area (Å²) >= 11 is 0. The first-order chi connectivity index (χ1) is 16.3. The van der Waals surface area contributed by atoms with Crippen molar-refractivity contribution in [2.75, 3.05) is 35.5 Å². The maximum atomic E-state index is 10.5. The lowest BCUT2D eigenvalue weighted by Gasteiger charge is -2.39. The summed E-state index contributed by atoms with van der Waals surface area (Å²) in [6, 6.07) is 0. The molecule has 7 nitrogen and oxygen atoms in total. The maximum absolute atomic E-state index is 10.5. The molecule has 1 aliphatic heterocycles. The van der Waals surface area contributed by atoms with E-state index in [1.165, 1.54) is 0 Å². The van der Waals surface area contributed by atoms with Crippen molar-refractivity contribution in [1.29, 1.82) is 0 Å². The smallest absolute Gasteiger partial charge is 0.184 e.